The number of rotatable bonds is 6. The lowest BCUT2D eigenvalue weighted by Gasteiger charge is -2.08. The van der Waals surface area contributed by atoms with Gasteiger partial charge in [0.25, 0.3) is 0 Å². The number of nitrogens with one attached hydrogen (secondary N) is 1. The monoisotopic (exact) mass is 320 g/mol. The predicted molar refractivity (Wildman–Crippen MR) is 88.9 cm³/mol. The van der Waals surface area contributed by atoms with E-state index in [2.05, 4.69) is 29.2 Å². The van der Waals surface area contributed by atoms with Gasteiger partial charge in [-0.05, 0) is 26.7 Å². The van der Waals surface area contributed by atoms with Gasteiger partial charge in [-0.25, -0.2) is 4.98 Å². The molecule has 0 spiro atoms. The highest BCUT2D eigenvalue weighted by Gasteiger charge is 2.15. The van der Waals surface area contributed by atoms with E-state index in [4.69, 9.17) is 0 Å². The Labute approximate surface area is 135 Å². The minimum absolute atomic E-state index is 0.0290. The maximum Gasteiger partial charge on any atom is 0.224 e. The highest BCUT2D eigenvalue weighted by Crippen LogP contribution is 2.16. The quantitative estimate of drug-likeness (QED) is 0.890. The number of aromatic nitrogens is 3. The van der Waals surface area contributed by atoms with E-state index in [1.165, 1.54) is 0 Å². The first kappa shape index (κ1) is 16.7. The molecule has 0 atom stereocenters. The Balaban J connectivity index is 1.97. The van der Waals surface area contributed by atoms with Gasteiger partial charge >= 0.3 is 0 Å². The average molecular weight is 320 g/mol. The van der Waals surface area contributed by atoms with Crippen molar-refractivity contribution in [2.45, 2.75) is 54.1 Å². The molecule has 5 nitrogen and oxygen atoms in total. The van der Waals surface area contributed by atoms with Crippen molar-refractivity contribution in [1.29, 1.82) is 0 Å². The van der Waals surface area contributed by atoms with Crippen LogP contribution in [0.5, 0.6) is 0 Å². The fraction of sp³-hybridized carbons (Fsp3) is 0.562. The molecule has 6 heteroatoms. The maximum atomic E-state index is 12.2. The number of nitrogens with zero attached hydrogens (tertiary/aromatic N) is 3. The molecule has 2 aromatic rings. The van der Waals surface area contributed by atoms with Crippen molar-refractivity contribution < 1.29 is 4.79 Å². The number of aryl methyl sites for hydroxylation is 2. The van der Waals surface area contributed by atoms with Crippen molar-refractivity contribution >= 4 is 17.2 Å². The van der Waals surface area contributed by atoms with Crippen LogP contribution in [-0.4, -0.2) is 20.7 Å². The first-order valence-electron chi connectivity index (χ1n) is 7.57. The second-order valence-corrected chi connectivity index (χ2v) is 7.34. The average Bonchev–Trinajstić information content (AvgIpc) is 2.95. The van der Waals surface area contributed by atoms with E-state index >= 15 is 0 Å². The molecule has 1 amide bonds. The zero-order chi connectivity index (χ0) is 16.3. The number of carbonyl (C=O) groups excluding carboxylic acids is 1. The van der Waals surface area contributed by atoms with E-state index in [-0.39, 0.29) is 5.91 Å². The Kier molecular flexibility index (Phi) is 5.34. The summed E-state index contributed by atoms with van der Waals surface area (Å²) in [7, 11) is 0. The van der Waals surface area contributed by atoms with Gasteiger partial charge in [0.1, 0.15) is 0 Å². The van der Waals surface area contributed by atoms with E-state index < -0.39 is 0 Å². The van der Waals surface area contributed by atoms with E-state index in [0.717, 1.165) is 33.4 Å². The second kappa shape index (κ2) is 7.05. The smallest absolute Gasteiger partial charge is 0.224 e. The molecule has 0 bridgehead atoms. The summed E-state index contributed by atoms with van der Waals surface area (Å²) >= 11 is 1.61. The fourth-order valence-corrected chi connectivity index (χ4v) is 3.14. The van der Waals surface area contributed by atoms with Crippen LogP contribution in [0.4, 0.5) is 0 Å². The van der Waals surface area contributed by atoms with Crippen molar-refractivity contribution in [3.63, 3.8) is 0 Å². The van der Waals surface area contributed by atoms with Gasteiger partial charge in [-0.15, -0.1) is 11.3 Å². The summed E-state index contributed by atoms with van der Waals surface area (Å²) in [6.45, 7) is 11.7. The Morgan fingerprint density at radius 2 is 2.09 bits per heavy atom. The zero-order valence-electron chi connectivity index (χ0n) is 13.9. The van der Waals surface area contributed by atoms with Gasteiger partial charge in [-0.2, -0.15) is 5.10 Å². The molecule has 0 saturated carbocycles. The van der Waals surface area contributed by atoms with Crippen molar-refractivity contribution in [2.75, 3.05) is 0 Å². The molecular formula is C16H24N4OS. The molecule has 0 saturated heterocycles. The maximum absolute atomic E-state index is 12.2. The van der Waals surface area contributed by atoms with E-state index in [1.54, 1.807) is 11.3 Å². The predicted octanol–water partition coefficient (Wildman–Crippen LogP) is 2.78. The van der Waals surface area contributed by atoms with Crippen LogP contribution in [0.15, 0.2) is 6.20 Å². The topological polar surface area (TPSA) is 59.8 Å². The van der Waals surface area contributed by atoms with Gasteiger partial charge in [-0.3, -0.25) is 9.48 Å². The molecule has 0 radical (unpaired) electrons. The molecule has 120 valence electrons. The van der Waals surface area contributed by atoms with Crippen LogP contribution in [0.1, 0.15) is 40.7 Å². The third-order valence-electron chi connectivity index (χ3n) is 3.54. The molecule has 2 rings (SSSR count). The van der Waals surface area contributed by atoms with Gasteiger partial charge < -0.3 is 5.32 Å². The van der Waals surface area contributed by atoms with Crippen LogP contribution in [0.2, 0.25) is 0 Å². The van der Waals surface area contributed by atoms with E-state index in [1.807, 2.05) is 31.6 Å². The third-order valence-corrected chi connectivity index (χ3v) is 4.45. The van der Waals surface area contributed by atoms with Crippen LogP contribution in [0, 0.1) is 26.7 Å². The number of hydrogen-bond acceptors (Lipinski definition) is 4. The van der Waals surface area contributed by atoms with Crippen molar-refractivity contribution in [3.05, 3.63) is 33.0 Å². The summed E-state index contributed by atoms with van der Waals surface area (Å²) in [6, 6.07) is 0. The number of hydrogen-bond donors (Lipinski definition) is 1. The molecule has 0 aliphatic carbocycles. The summed E-state index contributed by atoms with van der Waals surface area (Å²) < 4.78 is 2.01. The van der Waals surface area contributed by atoms with E-state index in [9.17, 15) is 4.79 Å². The largest absolute Gasteiger partial charge is 0.351 e. The normalized spacial score (nSPS) is 11.2. The summed E-state index contributed by atoms with van der Waals surface area (Å²) in [4.78, 5) is 17.4. The van der Waals surface area contributed by atoms with Gasteiger partial charge in [0, 0.05) is 28.9 Å². The summed E-state index contributed by atoms with van der Waals surface area (Å²) in [6.07, 6.45) is 2.20. The van der Waals surface area contributed by atoms with Gasteiger partial charge in [0.2, 0.25) is 5.91 Å². The van der Waals surface area contributed by atoms with Crippen LogP contribution < -0.4 is 5.32 Å². The second-order valence-electron chi connectivity index (χ2n) is 6.02. The first-order valence-corrected chi connectivity index (χ1v) is 8.39. The van der Waals surface area contributed by atoms with Crippen LogP contribution >= 0.6 is 11.3 Å². The third kappa shape index (κ3) is 4.16. The molecule has 2 heterocycles. The summed E-state index contributed by atoms with van der Waals surface area (Å²) in [5.41, 5.74) is 3.08. The highest BCUT2D eigenvalue weighted by atomic mass is 32.1. The van der Waals surface area contributed by atoms with Crippen molar-refractivity contribution in [1.82, 2.24) is 20.1 Å². The van der Waals surface area contributed by atoms with Crippen LogP contribution in [0.25, 0.3) is 0 Å². The highest BCUT2D eigenvalue weighted by molar-refractivity contribution is 7.11. The lowest BCUT2D eigenvalue weighted by molar-refractivity contribution is -0.120. The van der Waals surface area contributed by atoms with Gasteiger partial charge in [0.05, 0.1) is 23.7 Å². The van der Waals surface area contributed by atoms with Gasteiger partial charge in [-0.1, -0.05) is 13.8 Å². The number of thiazole rings is 1. The molecule has 2 aromatic heterocycles. The van der Waals surface area contributed by atoms with Crippen LogP contribution in [0.3, 0.4) is 0 Å². The molecule has 0 fully saturated rings. The Morgan fingerprint density at radius 3 is 2.68 bits per heavy atom. The first-order chi connectivity index (χ1) is 10.4. The van der Waals surface area contributed by atoms with Crippen molar-refractivity contribution in [2.24, 2.45) is 5.92 Å². The van der Waals surface area contributed by atoms with Gasteiger partial charge in [0.15, 0.2) is 0 Å². The summed E-state index contributed by atoms with van der Waals surface area (Å²) in [5, 5.41) is 8.53. The lowest BCUT2D eigenvalue weighted by atomic mass is 10.1. The van der Waals surface area contributed by atoms with E-state index in [0.29, 0.717) is 18.9 Å². The Hall–Kier alpha value is -1.69. The summed E-state index contributed by atoms with van der Waals surface area (Å²) in [5.74, 6) is 0.565. The minimum atomic E-state index is 0.0290. The fourth-order valence-electron chi connectivity index (χ4n) is 2.41. The Morgan fingerprint density at radius 1 is 1.36 bits per heavy atom. The minimum Gasteiger partial charge on any atom is -0.351 e. The Bertz CT molecular complexity index is 657. The van der Waals surface area contributed by atoms with Crippen LogP contribution in [-0.2, 0) is 24.3 Å². The molecule has 22 heavy (non-hydrogen) atoms. The molecule has 1 N–H and O–H groups in total. The van der Waals surface area contributed by atoms with Crippen molar-refractivity contribution in [3.8, 4) is 0 Å². The standard InChI is InChI=1S/C16H24N4OS/c1-10(2)9-20-12(4)15(11(3)19-20)6-16(21)18-8-14-7-17-13(5)22-14/h7,10H,6,8-9H2,1-5H3,(H,18,21). The SMILES string of the molecule is Cc1ncc(CNC(=O)Cc2c(C)nn(CC(C)C)c2C)s1. The zero-order valence-corrected chi connectivity index (χ0v) is 14.8. The molecular weight excluding hydrogens is 296 g/mol. The molecule has 0 aliphatic heterocycles. The molecule has 0 aromatic carbocycles. The molecule has 0 unspecified atom stereocenters. The molecule has 0 aliphatic rings. The lowest BCUT2D eigenvalue weighted by Crippen LogP contribution is -2.24. The number of carbonyl (C=O) groups is 1. The number of amides is 1.